The van der Waals surface area contributed by atoms with Crippen LogP contribution in [0, 0.1) is 13.8 Å². The zero-order valence-electron chi connectivity index (χ0n) is 18.1. The first-order chi connectivity index (χ1) is 15.4. The molecule has 0 aliphatic carbocycles. The molecule has 0 aliphatic rings. The first-order valence-corrected chi connectivity index (χ1v) is 10.2. The second kappa shape index (κ2) is 8.89. The molecule has 0 aliphatic heterocycles. The highest BCUT2D eigenvalue weighted by Crippen LogP contribution is 2.22. The Hall–Kier alpha value is -4.19. The third kappa shape index (κ3) is 4.44. The fourth-order valence-corrected chi connectivity index (χ4v) is 3.70. The second-order valence-electron chi connectivity index (χ2n) is 7.51. The van der Waals surface area contributed by atoms with Crippen LogP contribution in [-0.2, 0) is 4.79 Å². The quantitative estimate of drug-likeness (QED) is 0.213. The molecule has 1 aromatic heterocycles. The summed E-state index contributed by atoms with van der Waals surface area (Å²) in [4.78, 5) is 23.6. The molecular weight excluding hydrogens is 402 g/mol. The minimum Gasteiger partial charge on any atom is -0.427 e. The van der Waals surface area contributed by atoms with E-state index in [1.807, 2.05) is 68.4 Å². The van der Waals surface area contributed by atoms with E-state index in [9.17, 15) is 9.59 Å². The van der Waals surface area contributed by atoms with Crippen LogP contribution >= 0.6 is 0 Å². The number of benzene rings is 3. The van der Waals surface area contributed by atoms with Crippen molar-refractivity contribution in [3.63, 3.8) is 0 Å². The van der Waals surface area contributed by atoms with Gasteiger partial charge in [0, 0.05) is 35.1 Å². The van der Waals surface area contributed by atoms with Crippen LogP contribution in [0.5, 0.6) is 5.75 Å². The molecule has 0 saturated carbocycles. The van der Waals surface area contributed by atoms with Gasteiger partial charge in [-0.25, -0.2) is 5.43 Å². The molecule has 0 radical (unpaired) electrons. The maximum absolute atomic E-state index is 12.5. The topological polar surface area (TPSA) is 72.7 Å². The van der Waals surface area contributed by atoms with Gasteiger partial charge in [0.05, 0.1) is 6.21 Å². The Labute approximate surface area is 186 Å². The highest BCUT2D eigenvalue weighted by atomic mass is 16.5. The summed E-state index contributed by atoms with van der Waals surface area (Å²) in [5.41, 5.74) is 6.99. The van der Waals surface area contributed by atoms with Crippen molar-refractivity contribution in [1.82, 2.24) is 9.99 Å². The lowest BCUT2D eigenvalue weighted by Gasteiger charge is -2.10. The number of amides is 1. The predicted molar refractivity (Wildman–Crippen MR) is 126 cm³/mol. The van der Waals surface area contributed by atoms with Gasteiger partial charge in [-0.1, -0.05) is 30.3 Å². The third-order valence-electron chi connectivity index (χ3n) is 5.21. The van der Waals surface area contributed by atoms with Gasteiger partial charge in [0.2, 0.25) is 0 Å². The number of nitrogens with one attached hydrogen (secondary N) is 1. The van der Waals surface area contributed by atoms with Gasteiger partial charge in [-0.05, 0) is 67.1 Å². The molecule has 160 valence electrons. The monoisotopic (exact) mass is 425 g/mol. The van der Waals surface area contributed by atoms with Gasteiger partial charge < -0.3 is 9.30 Å². The Morgan fingerprint density at radius 1 is 0.938 bits per heavy atom. The smallest absolute Gasteiger partial charge is 0.308 e. The highest BCUT2D eigenvalue weighted by Gasteiger charge is 2.11. The largest absolute Gasteiger partial charge is 0.427 e. The number of fused-ring (bicyclic) bond motifs is 1. The maximum atomic E-state index is 12.5. The summed E-state index contributed by atoms with van der Waals surface area (Å²) in [5.74, 6) is -0.112. The van der Waals surface area contributed by atoms with Crippen molar-refractivity contribution in [3.05, 3.63) is 95.3 Å². The highest BCUT2D eigenvalue weighted by molar-refractivity contribution is 5.99. The number of ether oxygens (including phenoxy) is 1. The molecule has 4 rings (SSSR count). The Kier molecular flexibility index (Phi) is 5.85. The van der Waals surface area contributed by atoms with E-state index in [1.165, 1.54) is 6.92 Å². The van der Waals surface area contributed by atoms with E-state index in [1.54, 1.807) is 24.4 Å². The van der Waals surface area contributed by atoms with Crippen LogP contribution in [-0.4, -0.2) is 22.7 Å². The zero-order valence-corrected chi connectivity index (χ0v) is 18.1. The lowest BCUT2D eigenvalue weighted by atomic mass is 10.1. The molecule has 0 spiro atoms. The van der Waals surface area contributed by atoms with Crippen LogP contribution < -0.4 is 10.2 Å². The van der Waals surface area contributed by atoms with Gasteiger partial charge in [0.15, 0.2) is 0 Å². The number of aryl methyl sites for hydroxylation is 1. The minimum atomic E-state index is -0.352. The van der Waals surface area contributed by atoms with Crippen molar-refractivity contribution in [3.8, 4) is 11.4 Å². The van der Waals surface area contributed by atoms with E-state index in [2.05, 4.69) is 15.1 Å². The summed E-state index contributed by atoms with van der Waals surface area (Å²) in [7, 11) is 0. The van der Waals surface area contributed by atoms with Crippen molar-refractivity contribution in [2.24, 2.45) is 5.10 Å². The van der Waals surface area contributed by atoms with Crippen molar-refractivity contribution in [1.29, 1.82) is 0 Å². The second-order valence-corrected chi connectivity index (χ2v) is 7.51. The molecule has 0 atom stereocenters. The number of aromatic nitrogens is 1. The lowest BCUT2D eigenvalue weighted by molar-refractivity contribution is -0.131. The summed E-state index contributed by atoms with van der Waals surface area (Å²) in [6, 6.07) is 22.8. The molecule has 3 aromatic carbocycles. The van der Waals surface area contributed by atoms with Crippen LogP contribution in [0.25, 0.3) is 16.5 Å². The number of nitrogens with zero attached hydrogens (tertiary/aromatic N) is 2. The van der Waals surface area contributed by atoms with Gasteiger partial charge in [-0.15, -0.1) is 0 Å². The molecule has 6 heteroatoms. The van der Waals surface area contributed by atoms with Gasteiger partial charge in [0.25, 0.3) is 5.91 Å². The molecule has 32 heavy (non-hydrogen) atoms. The molecule has 0 bridgehead atoms. The molecule has 4 aromatic rings. The number of hydrazone groups is 1. The Balaban J connectivity index is 1.49. The number of esters is 1. The molecule has 6 nitrogen and oxygen atoms in total. The van der Waals surface area contributed by atoms with Gasteiger partial charge in [-0.3, -0.25) is 9.59 Å². The number of carbonyl (C=O) groups is 2. The summed E-state index contributed by atoms with van der Waals surface area (Å²) in [5, 5.41) is 6.25. The van der Waals surface area contributed by atoms with E-state index in [4.69, 9.17) is 4.74 Å². The number of rotatable bonds is 5. The standard InChI is InChI=1S/C26H23N3O3/c1-17-14-23(18(2)29(17)24-10-12-25(13-11-24)32-19(3)30)16-27-28-26(31)22-9-8-20-6-4-5-7-21(20)15-22/h4-16H,1-3H3,(H,28,31)/b27-16+. The molecule has 0 unspecified atom stereocenters. The average Bonchev–Trinajstić information content (AvgIpc) is 3.06. The molecule has 1 heterocycles. The molecule has 0 saturated heterocycles. The van der Waals surface area contributed by atoms with Crippen molar-refractivity contribution >= 4 is 28.9 Å². The fraction of sp³-hybridized carbons (Fsp3) is 0.115. The average molecular weight is 425 g/mol. The number of hydrogen-bond donors (Lipinski definition) is 1. The van der Waals surface area contributed by atoms with Crippen LogP contribution in [0.3, 0.4) is 0 Å². The van der Waals surface area contributed by atoms with Gasteiger partial charge >= 0.3 is 5.97 Å². The number of hydrogen-bond acceptors (Lipinski definition) is 4. The minimum absolute atomic E-state index is 0.262. The van der Waals surface area contributed by atoms with Crippen LogP contribution in [0.1, 0.15) is 34.2 Å². The zero-order chi connectivity index (χ0) is 22.7. The first-order valence-electron chi connectivity index (χ1n) is 10.2. The van der Waals surface area contributed by atoms with Crippen LogP contribution in [0.2, 0.25) is 0 Å². The summed E-state index contributed by atoms with van der Waals surface area (Å²) in [6.07, 6.45) is 1.64. The SMILES string of the molecule is CC(=O)Oc1ccc(-n2c(C)cc(/C=N/NC(=O)c3ccc4ccccc4c3)c2C)cc1. The van der Waals surface area contributed by atoms with Crippen LogP contribution in [0.4, 0.5) is 0 Å². The number of carbonyl (C=O) groups excluding carboxylic acids is 2. The maximum Gasteiger partial charge on any atom is 0.308 e. The van der Waals surface area contributed by atoms with E-state index in [-0.39, 0.29) is 11.9 Å². The lowest BCUT2D eigenvalue weighted by Crippen LogP contribution is -2.17. The summed E-state index contributed by atoms with van der Waals surface area (Å²) < 4.78 is 7.17. The molecule has 1 amide bonds. The Bertz CT molecular complexity index is 1330. The Morgan fingerprint density at radius 3 is 2.38 bits per heavy atom. The molecule has 1 N–H and O–H groups in total. The summed E-state index contributed by atoms with van der Waals surface area (Å²) in [6.45, 7) is 5.36. The van der Waals surface area contributed by atoms with E-state index < -0.39 is 0 Å². The predicted octanol–water partition coefficient (Wildman–Crippen LogP) is 4.94. The van der Waals surface area contributed by atoms with E-state index in [0.29, 0.717) is 11.3 Å². The van der Waals surface area contributed by atoms with E-state index >= 15 is 0 Å². The Morgan fingerprint density at radius 2 is 1.66 bits per heavy atom. The third-order valence-corrected chi connectivity index (χ3v) is 5.21. The van der Waals surface area contributed by atoms with Gasteiger partial charge in [-0.2, -0.15) is 5.10 Å². The van der Waals surface area contributed by atoms with E-state index in [0.717, 1.165) is 33.4 Å². The van der Waals surface area contributed by atoms with Crippen LogP contribution in [0.15, 0.2) is 77.9 Å². The fourth-order valence-electron chi connectivity index (χ4n) is 3.70. The van der Waals surface area contributed by atoms with Crippen molar-refractivity contribution in [2.75, 3.05) is 0 Å². The molecule has 0 fully saturated rings. The summed E-state index contributed by atoms with van der Waals surface area (Å²) >= 11 is 0. The molecular formula is C26H23N3O3. The van der Waals surface area contributed by atoms with Gasteiger partial charge in [0.1, 0.15) is 5.75 Å². The normalized spacial score (nSPS) is 11.1. The van der Waals surface area contributed by atoms with Crippen molar-refractivity contribution < 1.29 is 14.3 Å². The van der Waals surface area contributed by atoms with Crippen molar-refractivity contribution in [2.45, 2.75) is 20.8 Å². The first kappa shape index (κ1) is 21.1.